The van der Waals surface area contributed by atoms with Gasteiger partial charge in [0.2, 0.25) is 0 Å². The Balaban J connectivity index is 2.15. The highest BCUT2D eigenvalue weighted by molar-refractivity contribution is 5.95. The van der Waals surface area contributed by atoms with Gasteiger partial charge < -0.3 is 10.6 Å². The van der Waals surface area contributed by atoms with Gasteiger partial charge in [0.1, 0.15) is 0 Å². The Labute approximate surface area is 118 Å². The van der Waals surface area contributed by atoms with Gasteiger partial charge in [-0.25, -0.2) is 0 Å². The molecule has 5 nitrogen and oxygen atoms in total. The summed E-state index contributed by atoms with van der Waals surface area (Å²) in [5, 5.41) is 6.72. The van der Waals surface area contributed by atoms with Crippen LogP contribution in [0.1, 0.15) is 28.0 Å². The van der Waals surface area contributed by atoms with Gasteiger partial charge in [-0.1, -0.05) is 30.3 Å². The molecule has 0 unspecified atom stereocenters. The predicted octanol–water partition coefficient (Wildman–Crippen LogP) is 1.71. The molecular formula is C15H20N4O. The molecule has 0 aliphatic rings. The second kappa shape index (κ2) is 6.86. The maximum atomic E-state index is 12.6. The van der Waals surface area contributed by atoms with E-state index in [9.17, 15) is 4.79 Å². The molecule has 2 aromatic rings. The molecule has 20 heavy (non-hydrogen) atoms. The first-order chi connectivity index (χ1) is 9.72. The van der Waals surface area contributed by atoms with Gasteiger partial charge in [0.25, 0.3) is 5.91 Å². The van der Waals surface area contributed by atoms with E-state index in [0.717, 1.165) is 17.7 Å². The first-order valence-electron chi connectivity index (χ1n) is 6.75. The van der Waals surface area contributed by atoms with Crippen LogP contribution in [0.15, 0.2) is 36.5 Å². The highest BCUT2D eigenvalue weighted by Gasteiger charge is 2.18. The minimum absolute atomic E-state index is 0.00597. The number of hydrogen-bond acceptors (Lipinski definition) is 3. The Hall–Kier alpha value is -2.14. The summed E-state index contributed by atoms with van der Waals surface area (Å²) in [5.41, 5.74) is 8.09. The third-order valence-corrected chi connectivity index (χ3v) is 3.20. The Bertz CT molecular complexity index is 550. The van der Waals surface area contributed by atoms with Crippen LogP contribution in [-0.4, -0.2) is 34.1 Å². The van der Waals surface area contributed by atoms with Crippen LogP contribution in [0, 0.1) is 6.92 Å². The minimum Gasteiger partial charge on any atom is -0.334 e. The molecule has 0 aliphatic carbocycles. The summed E-state index contributed by atoms with van der Waals surface area (Å²) >= 11 is 0. The molecule has 1 aromatic carbocycles. The van der Waals surface area contributed by atoms with Crippen molar-refractivity contribution in [2.75, 3.05) is 13.1 Å². The van der Waals surface area contributed by atoms with E-state index in [-0.39, 0.29) is 5.91 Å². The topological polar surface area (TPSA) is 75.0 Å². The van der Waals surface area contributed by atoms with Crippen molar-refractivity contribution in [3.63, 3.8) is 0 Å². The van der Waals surface area contributed by atoms with E-state index < -0.39 is 0 Å². The number of carbonyl (C=O) groups is 1. The molecule has 0 aliphatic heterocycles. The molecule has 0 fully saturated rings. The van der Waals surface area contributed by atoms with Gasteiger partial charge in [0.15, 0.2) is 0 Å². The Morgan fingerprint density at radius 3 is 2.70 bits per heavy atom. The molecule has 0 spiro atoms. The lowest BCUT2D eigenvalue weighted by Crippen LogP contribution is -2.32. The zero-order chi connectivity index (χ0) is 14.4. The highest BCUT2D eigenvalue weighted by atomic mass is 16.2. The standard InChI is InChI=1S/C15H20N4O/c1-12-14(10-17-18-12)15(20)19(9-5-8-16)11-13-6-3-2-4-7-13/h2-4,6-7,10H,5,8-9,11,16H2,1H3,(H,17,18). The van der Waals surface area contributed by atoms with Crippen molar-refractivity contribution in [2.45, 2.75) is 19.9 Å². The van der Waals surface area contributed by atoms with Gasteiger partial charge in [-0.3, -0.25) is 9.89 Å². The average Bonchev–Trinajstić information content (AvgIpc) is 2.90. The van der Waals surface area contributed by atoms with E-state index in [2.05, 4.69) is 10.2 Å². The monoisotopic (exact) mass is 272 g/mol. The van der Waals surface area contributed by atoms with Crippen molar-refractivity contribution in [1.82, 2.24) is 15.1 Å². The second-order valence-electron chi connectivity index (χ2n) is 4.76. The molecule has 3 N–H and O–H groups in total. The molecule has 0 radical (unpaired) electrons. The summed E-state index contributed by atoms with van der Waals surface area (Å²) in [5.74, 6) is -0.00597. The number of H-pyrrole nitrogens is 1. The lowest BCUT2D eigenvalue weighted by molar-refractivity contribution is 0.0741. The van der Waals surface area contributed by atoms with Gasteiger partial charge in [0, 0.05) is 18.8 Å². The van der Waals surface area contributed by atoms with Gasteiger partial charge in [-0.05, 0) is 25.5 Å². The highest BCUT2D eigenvalue weighted by Crippen LogP contribution is 2.12. The normalized spacial score (nSPS) is 10.5. The molecule has 1 heterocycles. The first-order valence-corrected chi connectivity index (χ1v) is 6.75. The average molecular weight is 272 g/mol. The number of amides is 1. The van der Waals surface area contributed by atoms with Crippen LogP contribution < -0.4 is 5.73 Å². The van der Waals surface area contributed by atoms with Gasteiger partial charge in [-0.2, -0.15) is 5.10 Å². The zero-order valence-electron chi connectivity index (χ0n) is 11.7. The fourth-order valence-corrected chi connectivity index (χ4v) is 2.08. The number of nitrogens with two attached hydrogens (primary N) is 1. The van der Waals surface area contributed by atoms with Gasteiger partial charge >= 0.3 is 0 Å². The van der Waals surface area contributed by atoms with Crippen LogP contribution in [0.25, 0.3) is 0 Å². The minimum atomic E-state index is -0.00597. The number of aromatic amines is 1. The summed E-state index contributed by atoms with van der Waals surface area (Å²) < 4.78 is 0. The number of aryl methyl sites for hydroxylation is 1. The Kier molecular flexibility index (Phi) is 4.90. The van der Waals surface area contributed by atoms with Crippen LogP contribution in [0.4, 0.5) is 0 Å². The number of rotatable bonds is 6. The van der Waals surface area contributed by atoms with Crippen LogP contribution >= 0.6 is 0 Å². The predicted molar refractivity (Wildman–Crippen MR) is 78.2 cm³/mol. The van der Waals surface area contributed by atoms with Crippen molar-refractivity contribution in [2.24, 2.45) is 5.73 Å². The van der Waals surface area contributed by atoms with E-state index in [0.29, 0.717) is 25.2 Å². The number of hydrogen-bond donors (Lipinski definition) is 2. The van der Waals surface area contributed by atoms with Crippen molar-refractivity contribution in [3.8, 4) is 0 Å². The fraction of sp³-hybridized carbons (Fsp3) is 0.333. The Morgan fingerprint density at radius 1 is 1.35 bits per heavy atom. The maximum Gasteiger partial charge on any atom is 0.257 e. The molecule has 0 saturated heterocycles. The molecule has 1 aromatic heterocycles. The molecule has 0 bridgehead atoms. The number of nitrogens with one attached hydrogen (secondary N) is 1. The lowest BCUT2D eigenvalue weighted by atomic mass is 10.1. The van der Waals surface area contributed by atoms with Crippen LogP contribution in [-0.2, 0) is 6.54 Å². The second-order valence-corrected chi connectivity index (χ2v) is 4.76. The lowest BCUT2D eigenvalue weighted by Gasteiger charge is -2.22. The summed E-state index contributed by atoms with van der Waals surface area (Å²) in [6.45, 7) is 3.66. The molecular weight excluding hydrogens is 252 g/mol. The van der Waals surface area contributed by atoms with E-state index in [4.69, 9.17) is 5.73 Å². The van der Waals surface area contributed by atoms with E-state index >= 15 is 0 Å². The molecule has 0 saturated carbocycles. The quantitative estimate of drug-likeness (QED) is 0.840. The molecule has 1 amide bonds. The third kappa shape index (κ3) is 3.45. The number of carbonyl (C=O) groups excluding carboxylic acids is 1. The van der Waals surface area contributed by atoms with Crippen LogP contribution in [0.2, 0.25) is 0 Å². The van der Waals surface area contributed by atoms with E-state index in [1.54, 1.807) is 6.20 Å². The fourth-order valence-electron chi connectivity index (χ4n) is 2.08. The third-order valence-electron chi connectivity index (χ3n) is 3.20. The van der Waals surface area contributed by atoms with E-state index in [1.807, 2.05) is 42.2 Å². The van der Waals surface area contributed by atoms with Crippen LogP contribution in [0.5, 0.6) is 0 Å². The largest absolute Gasteiger partial charge is 0.334 e. The zero-order valence-corrected chi connectivity index (χ0v) is 11.7. The Morgan fingerprint density at radius 2 is 2.10 bits per heavy atom. The number of aromatic nitrogens is 2. The van der Waals surface area contributed by atoms with Gasteiger partial charge in [0.05, 0.1) is 11.8 Å². The van der Waals surface area contributed by atoms with Crippen molar-refractivity contribution >= 4 is 5.91 Å². The summed E-state index contributed by atoms with van der Waals surface area (Å²) in [4.78, 5) is 14.4. The molecule has 5 heteroatoms. The van der Waals surface area contributed by atoms with Crippen molar-refractivity contribution in [3.05, 3.63) is 53.3 Å². The molecule has 106 valence electrons. The summed E-state index contributed by atoms with van der Waals surface area (Å²) in [6, 6.07) is 9.96. The maximum absolute atomic E-state index is 12.6. The summed E-state index contributed by atoms with van der Waals surface area (Å²) in [7, 11) is 0. The van der Waals surface area contributed by atoms with E-state index in [1.165, 1.54) is 0 Å². The summed E-state index contributed by atoms with van der Waals surface area (Å²) in [6.07, 6.45) is 2.37. The van der Waals surface area contributed by atoms with Crippen molar-refractivity contribution in [1.29, 1.82) is 0 Å². The number of benzene rings is 1. The molecule has 0 atom stereocenters. The number of nitrogens with zero attached hydrogens (tertiary/aromatic N) is 2. The smallest absolute Gasteiger partial charge is 0.257 e. The molecule has 2 rings (SSSR count). The SMILES string of the molecule is Cc1[nH]ncc1C(=O)N(CCCN)Cc1ccccc1. The van der Waals surface area contributed by atoms with Gasteiger partial charge in [-0.15, -0.1) is 0 Å². The first kappa shape index (κ1) is 14.3. The van der Waals surface area contributed by atoms with Crippen molar-refractivity contribution < 1.29 is 4.79 Å². The van der Waals surface area contributed by atoms with Crippen LogP contribution in [0.3, 0.4) is 0 Å².